The summed E-state index contributed by atoms with van der Waals surface area (Å²) in [6.07, 6.45) is 9.61. The first-order valence-electron chi connectivity index (χ1n) is 10.8. The molecule has 156 valence electrons. The molecule has 5 rings (SSSR count). The number of hydrogen-bond donors (Lipinski definition) is 2. The minimum Gasteiger partial charge on any atom is -0.381 e. The lowest BCUT2D eigenvalue weighted by atomic mass is 10.0. The number of pyridine rings is 3. The van der Waals surface area contributed by atoms with Crippen molar-refractivity contribution in [2.45, 2.75) is 37.8 Å². The minimum atomic E-state index is 0.288. The molecule has 3 aromatic heterocycles. The Morgan fingerprint density at radius 1 is 1.03 bits per heavy atom. The third kappa shape index (κ3) is 4.08. The summed E-state index contributed by atoms with van der Waals surface area (Å²) >= 11 is 0. The zero-order valence-electron chi connectivity index (χ0n) is 17.1. The minimum absolute atomic E-state index is 0.288. The van der Waals surface area contributed by atoms with Crippen molar-refractivity contribution in [3.8, 4) is 11.3 Å². The van der Waals surface area contributed by atoms with Gasteiger partial charge in [-0.1, -0.05) is 0 Å². The number of nitrogens with one attached hydrogen (secondary N) is 1. The molecule has 0 saturated carbocycles. The maximum atomic E-state index is 6.12. The van der Waals surface area contributed by atoms with Crippen molar-refractivity contribution in [3.63, 3.8) is 0 Å². The SMILES string of the molecule is NC1CCN(c2nc(-c3ccnc(NC4CCOCC4)c3)cc3cnccc23)CC1. The number of aromatic nitrogens is 3. The summed E-state index contributed by atoms with van der Waals surface area (Å²) < 4.78 is 5.46. The summed E-state index contributed by atoms with van der Waals surface area (Å²) in [6, 6.07) is 8.99. The molecule has 0 aliphatic carbocycles. The summed E-state index contributed by atoms with van der Waals surface area (Å²) in [4.78, 5) is 16.3. The van der Waals surface area contributed by atoms with Gasteiger partial charge in [0, 0.05) is 73.3 Å². The van der Waals surface area contributed by atoms with Gasteiger partial charge < -0.3 is 20.7 Å². The molecule has 7 nitrogen and oxygen atoms in total. The quantitative estimate of drug-likeness (QED) is 0.690. The van der Waals surface area contributed by atoms with Crippen molar-refractivity contribution in [1.82, 2.24) is 15.0 Å². The van der Waals surface area contributed by atoms with Crippen LogP contribution in [0, 0.1) is 0 Å². The summed E-state index contributed by atoms with van der Waals surface area (Å²) in [7, 11) is 0. The van der Waals surface area contributed by atoms with Crippen molar-refractivity contribution in [1.29, 1.82) is 0 Å². The highest BCUT2D eigenvalue weighted by atomic mass is 16.5. The third-order valence-corrected chi connectivity index (χ3v) is 6.08. The fourth-order valence-corrected chi connectivity index (χ4v) is 4.30. The predicted octanol–water partition coefficient (Wildman–Crippen LogP) is 3.21. The number of nitrogens with two attached hydrogens (primary N) is 1. The van der Waals surface area contributed by atoms with Crippen LogP contribution in [0.4, 0.5) is 11.6 Å². The zero-order chi connectivity index (χ0) is 20.3. The summed E-state index contributed by atoms with van der Waals surface area (Å²) in [6.45, 7) is 3.47. The molecule has 3 aromatic rings. The maximum Gasteiger partial charge on any atom is 0.137 e. The highest BCUT2D eigenvalue weighted by molar-refractivity contribution is 5.94. The molecule has 30 heavy (non-hydrogen) atoms. The molecule has 3 N–H and O–H groups in total. The van der Waals surface area contributed by atoms with Crippen LogP contribution in [0.2, 0.25) is 0 Å². The van der Waals surface area contributed by atoms with Crippen molar-refractivity contribution < 1.29 is 4.74 Å². The van der Waals surface area contributed by atoms with Gasteiger partial charge in [-0.05, 0) is 49.9 Å². The zero-order valence-corrected chi connectivity index (χ0v) is 17.1. The van der Waals surface area contributed by atoms with Gasteiger partial charge >= 0.3 is 0 Å². The second-order valence-corrected chi connectivity index (χ2v) is 8.21. The van der Waals surface area contributed by atoms with Crippen LogP contribution in [0.25, 0.3) is 22.0 Å². The second-order valence-electron chi connectivity index (χ2n) is 8.21. The van der Waals surface area contributed by atoms with E-state index in [0.717, 1.165) is 85.7 Å². The number of piperidine rings is 1. The molecule has 5 heterocycles. The van der Waals surface area contributed by atoms with Gasteiger partial charge in [-0.2, -0.15) is 0 Å². The van der Waals surface area contributed by atoms with Crippen molar-refractivity contribution in [3.05, 3.63) is 42.9 Å². The predicted molar refractivity (Wildman–Crippen MR) is 120 cm³/mol. The molecule has 0 radical (unpaired) electrons. The van der Waals surface area contributed by atoms with Gasteiger partial charge in [0.2, 0.25) is 0 Å². The molecular formula is C23H28N6O. The molecule has 0 spiro atoms. The maximum absolute atomic E-state index is 6.12. The van der Waals surface area contributed by atoms with Crippen molar-refractivity contribution >= 4 is 22.4 Å². The Bertz CT molecular complexity index is 1010. The Morgan fingerprint density at radius 2 is 1.87 bits per heavy atom. The van der Waals surface area contributed by atoms with Gasteiger partial charge in [0.25, 0.3) is 0 Å². The molecule has 2 fully saturated rings. The molecule has 0 aromatic carbocycles. The Kier molecular flexibility index (Phi) is 5.46. The van der Waals surface area contributed by atoms with Crippen LogP contribution in [0.3, 0.4) is 0 Å². The average Bonchev–Trinajstić information content (AvgIpc) is 2.80. The lowest BCUT2D eigenvalue weighted by Crippen LogP contribution is -2.40. The molecule has 0 amide bonds. The second kappa shape index (κ2) is 8.53. The van der Waals surface area contributed by atoms with Crippen LogP contribution in [0.15, 0.2) is 42.9 Å². The third-order valence-electron chi connectivity index (χ3n) is 6.08. The van der Waals surface area contributed by atoms with Crippen LogP contribution in [0.1, 0.15) is 25.7 Å². The molecule has 0 bridgehead atoms. The number of hydrogen-bond acceptors (Lipinski definition) is 7. The van der Waals surface area contributed by atoms with Gasteiger partial charge in [0.15, 0.2) is 0 Å². The largest absolute Gasteiger partial charge is 0.381 e. The number of nitrogens with zero attached hydrogens (tertiary/aromatic N) is 4. The Hall–Kier alpha value is -2.77. The first kappa shape index (κ1) is 19.2. The topological polar surface area (TPSA) is 89.2 Å². The average molecular weight is 405 g/mol. The Morgan fingerprint density at radius 3 is 2.70 bits per heavy atom. The molecule has 7 heteroatoms. The standard InChI is InChI=1S/C23H28N6O/c24-18-3-9-29(10-4-18)23-20-2-7-25-15-17(20)13-21(28-23)16-1-8-26-22(14-16)27-19-5-11-30-12-6-19/h1-2,7-8,13-15,18-19H,3-6,9-12,24H2,(H,26,27). The lowest BCUT2D eigenvalue weighted by Gasteiger charge is -2.32. The van der Waals surface area contributed by atoms with Crippen LogP contribution in [-0.2, 0) is 4.74 Å². The van der Waals surface area contributed by atoms with E-state index in [0.29, 0.717) is 6.04 Å². The highest BCUT2D eigenvalue weighted by Gasteiger charge is 2.20. The van der Waals surface area contributed by atoms with Gasteiger partial charge in [-0.15, -0.1) is 0 Å². The highest BCUT2D eigenvalue weighted by Crippen LogP contribution is 2.31. The Labute approximate surface area is 176 Å². The van der Waals surface area contributed by atoms with E-state index in [2.05, 4.69) is 38.4 Å². The molecule has 0 atom stereocenters. The number of anilines is 2. The number of ether oxygens (including phenoxy) is 1. The first-order chi connectivity index (χ1) is 14.8. The van der Waals surface area contributed by atoms with E-state index in [4.69, 9.17) is 15.5 Å². The summed E-state index contributed by atoms with van der Waals surface area (Å²) in [5.74, 6) is 1.91. The van der Waals surface area contributed by atoms with Gasteiger partial charge in [-0.3, -0.25) is 4.98 Å². The van der Waals surface area contributed by atoms with Crippen molar-refractivity contribution in [2.75, 3.05) is 36.5 Å². The van der Waals surface area contributed by atoms with E-state index in [1.807, 2.05) is 24.7 Å². The van der Waals surface area contributed by atoms with Crippen LogP contribution >= 0.6 is 0 Å². The van der Waals surface area contributed by atoms with Gasteiger partial charge in [-0.25, -0.2) is 9.97 Å². The lowest BCUT2D eigenvalue weighted by molar-refractivity contribution is 0.0904. The van der Waals surface area contributed by atoms with E-state index < -0.39 is 0 Å². The Balaban J connectivity index is 1.49. The van der Waals surface area contributed by atoms with Crippen LogP contribution in [-0.4, -0.2) is 53.3 Å². The smallest absolute Gasteiger partial charge is 0.137 e. The van der Waals surface area contributed by atoms with Gasteiger partial charge in [0.1, 0.15) is 11.6 Å². The van der Waals surface area contributed by atoms with Crippen LogP contribution < -0.4 is 16.0 Å². The van der Waals surface area contributed by atoms with Gasteiger partial charge in [0.05, 0.1) is 5.69 Å². The van der Waals surface area contributed by atoms with E-state index in [1.165, 1.54) is 0 Å². The first-order valence-corrected chi connectivity index (χ1v) is 10.8. The summed E-state index contributed by atoms with van der Waals surface area (Å²) in [5.41, 5.74) is 8.12. The van der Waals surface area contributed by atoms with Crippen molar-refractivity contribution in [2.24, 2.45) is 5.73 Å². The van der Waals surface area contributed by atoms with Crippen LogP contribution in [0.5, 0.6) is 0 Å². The van der Waals surface area contributed by atoms with E-state index >= 15 is 0 Å². The van der Waals surface area contributed by atoms with E-state index in [1.54, 1.807) is 0 Å². The molecule has 0 unspecified atom stereocenters. The fraction of sp³-hybridized carbons (Fsp3) is 0.435. The summed E-state index contributed by atoms with van der Waals surface area (Å²) in [5, 5.41) is 5.79. The molecule has 2 aliphatic heterocycles. The fourth-order valence-electron chi connectivity index (χ4n) is 4.30. The molecule has 2 saturated heterocycles. The number of rotatable bonds is 4. The normalized spacial score (nSPS) is 18.6. The monoisotopic (exact) mass is 404 g/mol. The van der Waals surface area contributed by atoms with E-state index in [-0.39, 0.29) is 6.04 Å². The van der Waals surface area contributed by atoms with E-state index in [9.17, 15) is 0 Å². The molecular weight excluding hydrogens is 376 g/mol. The molecule has 2 aliphatic rings. The number of fused-ring (bicyclic) bond motifs is 1.